The number of ether oxygens (including phenoxy) is 1. The summed E-state index contributed by atoms with van der Waals surface area (Å²) in [7, 11) is -3.27. The number of hydrogen-bond acceptors (Lipinski definition) is 7. The molecule has 0 aliphatic carbocycles. The third-order valence-electron chi connectivity index (χ3n) is 5.35. The molecule has 0 spiro atoms. The van der Waals surface area contributed by atoms with Crippen molar-refractivity contribution >= 4 is 67.1 Å². The molecule has 0 aliphatic heterocycles. The number of benzene rings is 4. The van der Waals surface area contributed by atoms with E-state index in [0.717, 1.165) is 0 Å². The summed E-state index contributed by atoms with van der Waals surface area (Å²) in [6, 6.07) is 15.5. The van der Waals surface area contributed by atoms with Gasteiger partial charge in [-0.15, -0.1) is 10.2 Å². The summed E-state index contributed by atoms with van der Waals surface area (Å²) >= 11 is 12.2. The second-order valence-electron chi connectivity index (χ2n) is 7.91. The molecule has 0 bridgehead atoms. The van der Waals surface area contributed by atoms with Crippen molar-refractivity contribution in [3.05, 3.63) is 81.8 Å². The zero-order valence-electron chi connectivity index (χ0n) is 19.4. The van der Waals surface area contributed by atoms with Crippen LogP contribution in [0.25, 0.3) is 10.8 Å². The Balaban J connectivity index is 1.85. The molecule has 9 nitrogen and oxygen atoms in total. The van der Waals surface area contributed by atoms with Gasteiger partial charge < -0.3 is 15.2 Å². The maximum atomic E-state index is 13.2. The van der Waals surface area contributed by atoms with Crippen molar-refractivity contribution < 1.29 is 27.6 Å². The van der Waals surface area contributed by atoms with Gasteiger partial charge in [-0.3, -0.25) is 9.35 Å². The predicted molar refractivity (Wildman–Crippen MR) is 142 cm³/mol. The van der Waals surface area contributed by atoms with Gasteiger partial charge in [0.25, 0.3) is 16.0 Å². The van der Waals surface area contributed by atoms with E-state index in [1.54, 1.807) is 43.3 Å². The molecule has 0 saturated heterocycles. The van der Waals surface area contributed by atoms with E-state index in [4.69, 9.17) is 27.9 Å². The Morgan fingerprint density at radius 1 is 1.00 bits per heavy atom. The zero-order valence-corrected chi connectivity index (χ0v) is 21.7. The van der Waals surface area contributed by atoms with Crippen molar-refractivity contribution in [3.8, 4) is 11.5 Å². The lowest BCUT2D eigenvalue weighted by molar-refractivity contribution is 0.102. The molecule has 4 rings (SSSR count). The SMILES string of the molecule is COc1cc(Cl)ccc1NC(=O)c1cc2ccccc2c(N=Nc2c(Cl)cc(C)cc2S(=O)(=O)O)c1O. The summed E-state index contributed by atoms with van der Waals surface area (Å²) in [4.78, 5) is 12.6. The van der Waals surface area contributed by atoms with E-state index in [2.05, 4.69) is 15.5 Å². The van der Waals surface area contributed by atoms with E-state index in [1.807, 2.05) is 0 Å². The molecule has 0 atom stereocenters. The molecule has 3 N–H and O–H groups in total. The van der Waals surface area contributed by atoms with Crippen molar-refractivity contribution in [1.29, 1.82) is 0 Å². The van der Waals surface area contributed by atoms with Crippen LogP contribution < -0.4 is 10.1 Å². The first-order valence-corrected chi connectivity index (χ1v) is 12.8. The van der Waals surface area contributed by atoms with Crippen LogP contribution in [-0.4, -0.2) is 31.1 Å². The first-order valence-electron chi connectivity index (χ1n) is 10.6. The topological polar surface area (TPSA) is 138 Å². The van der Waals surface area contributed by atoms with E-state index in [9.17, 15) is 22.9 Å². The van der Waals surface area contributed by atoms with Crippen molar-refractivity contribution in [2.45, 2.75) is 11.8 Å². The minimum atomic E-state index is -4.69. The van der Waals surface area contributed by atoms with E-state index >= 15 is 0 Å². The number of anilines is 1. The number of aryl methyl sites for hydroxylation is 1. The van der Waals surface area contributed by atoms with Crippen LogP contribution in [0.1, 0.15) is 15.9 Å². The third-order valence-corrected chi connectivity index (χ3v) is 6.74. The summed E-state index contributed by atoms with van der Waals surface area (Å²) in [5, 5.41) is 23.0. The van der Waals surface area contributed by atoms with E-state index < -0.39 is 26.7 Å². The molecule has 37 heavy (non-hydrogen) atoms. The lowest BCUT2D eigenvalue weighted by Gasteiger charge is -2.13. The number of phenolic OH excluding ortho intramolecular Hbond substituents is 1. The Kier molecular flexibility index (Phi) is 7.37. The lowest BCUT2D eigenvalue weighted by atomic mass is 10.0. The number of rotatable bonds is 6. The number of halogens is 2. The molecule has 4 aromatic carbocycles. The Morgan fingerprint density at radius 3 is 2.41 bits per heavy atom. The first-order chi connectivity index (χ1) is 17.5. The summed E-state index contributed by atoms with van der Waals surface area (Å²) in [6.45, 7) is 1.60. The molecular formula is C25H19Cl2N3O6S. The molecule has 0 fully saturated rings. The van der Waals surface area contributed by atoms with Gasteiger partial charge in [0.2, 0.25) is 0 Å². The van der Waals surface area contributed by atoms with Crippen LogP contribution in [-0.2, 0) is 10.1 Å². The van der Waals surface area contributed by atoms with E-state index in [0.29, 0.717) is 32.8 Å². The van der Waals surface area contributed by atoms with Crippen LogP contribution in [0, 0.1) is 6.92 Å². The van der Waals surface area contributed by atoms with Gasteiger partial charge >= 0.3 is 0 Å². The molecule has 0 radical (unpaired) electrons. The number of carbonyl (C=O) groups is 1. The normalized spacial score (nSPS) is 11.7. The Hall–Kier alpha value is -3.70. The van der Waals surface area contributed by atoms with Crippen molar-refractivity contribution in [3.63, 3.8) is 0 Å². The molecule has 1 amide bonds. The predicted octanol–water partition coefficient (Wildman–Crippen LogP) is 7.08. The molecule has 4 aromatic rings. The van der Waals surface area contributed by atoms with Gasteiger partial charge in [0.05, 0.1) is 23.4 Å². The molecule has 0 unspecified atom stereocenters. The molecule has 0 aliphatic rings. The van der Waals surface area contributed by atoms with Crippen LogP contribution in [0.4, 0.5) is 17.1 Å². The number of carbonyl (C=O) groups excluding carboxylic acids is 1. The number of azo groups is 1. The minimum Gasteiger partial charge on any atom is -0.505 e. The van der Waals surface area contributed by atoms with Crippen LogP contribution in [0.5, 0.6) is 11.5 Å². The summed E-state index contributed by atoms with van der Waals surface area (Å²) in [6.07, 6.45) is 0. The van der Waals surface area contributed by atoms with Gasteiger partial charge in [-0.05, 0) is 48.2 Å². The van der Waals surface area contributed by atoms with Crippen LogP contribution in [0.15, 0.2) is 75.8 Å². The maximum Gasteiger partial charge on any atom is 0.296 e. The van der Waals surface area contributed by atoms with Gasteiger partial charge in [0.15, 0.2) is 5.75 Å². The number of aromatic hydroxyl groups is 1. The number of hydrogen-bond donors (Lipinski definition) is 3. The van der Waals surface area contributed by atoms with Crippen molar-refractivity contribution in [2.24, 2.45) is 10.2 Å². The molecular weight excluding hydrogens is 541 g/mol. The monoisotopic (exact) mass is 559 g/mol. The molecule has 12 heteroatoms. The number of methoxy groups -OCH3 is 1. The van der Waals surface area contributed by atoms with Gasteiger partial charge in [-0.1, -0.05) is 47.5 Å². The highest BCUT2D eigenvalue weighted by atomic mass is 35.5. The number of fused-ring (bicyclic) bond motifs is 1. The average Bonchev–Trinajstić information content (AvgIpc) is 2.84. The van der Waals surface area contributed by atoms with E-state index in [1.165, 1.54) is 31.4 Å². The first kappa shape index (κ1) is 26.4. The molecule has 0 heterocycles. The number of phenols is 1. The molecule has 190 valence electrons. The van der Waals surface area contributed by atoms with Crippen LogP contribution in [0.3, 0.4) is 0 Å². The van der Waals surface area contributed by atoms with Crippen molar-refractivity contribution in [2.75, 3.05) is 12.4 Å². The van der Waals surface area contributed by atoms with Gasteiger partial charge in [-0.25, -0.2) is 0 Å². The fourth-order valence-electron chi connectivity index (χ4n) is 3.65. The standard InChI is InChI=1S/C25H19Cl2N3O6S/c1-13-9-18(27)23(21(10-13)37(33,34)35)30-29-22-16-6-4-3-5-14(16)11-17(24(22)31)25(32)28-19-8-7-15(26)12-20(19)36-2/h3-12,31H,1-2H3,(H,28,32)(H,33,34,35). The highest BCUT2D eigenvalue weighted by Gasteiger charge is 2.22. The number of amides is 1. The maximum absolute atomic E-state index is 13.2. The zero-order chi connectivity index (χ0) is 26.9. The second-order valence-corrected chi connectivity index (χ2v) is 10.1. The fraction of sp³-hybridized carbons (Fsp3) is 0.0800. The number of nitrogens with one attached hydrogen (secondary N) is 1. The Labute approximate surface area is 222 Å². The highest BCUT2D eigenvalue weighted by molar-refractivity contribution is 7.86. The van der Waals surface area contributed by atoms with Gasteiger partial charge in [-0.2, -0.15) is 8.42 Å². The van der Waals surface area contributed by atoms with Gasteiger partial charge in [0, 0.05) is 16.5 Å². The minimum absolute atomic E-state index is 0.0797. The molecule has 0 saturated carbocycles. The smallest absolute Gasteiger partial charge is 0.296 e. The lowest BCUT2D eigenvalue weighted by Crippen LogP contribution is -2.13. The second kappa shape index (κ2) is 10.3. The Bertz CT molecular complexity index is 1690. The van der Waals surface area contributed by atoms with E-state index in [-0.39, 0.29) is 22.0 Å². The average molecular weight is 560 g/mol. The van der Waals surface area contributed by atoms with Gasteiger partial charge in [0.1, 0.15) is 22.0 Å². The summed E-state index contributed by atoms with van der Waals surface area (Å²) in [5.74, 6) is -0.871. The van der Waals surface area contributed by atoms with Crippen LogP contribution in [0.2, 0.25) is 10.0 Å². The highest BCUT2D eigenvalue weighted by Crippen LogP contribution is 2.42. The summed E-state index contributed by atoms with van der Waals surface area (Å²) in [5.41, 5.74) is 0.232. The third kappa shape index (κ3) is 5.52. The molecule has 0 aromatic heterocycles. The quantitative estimate of drug-likeness (QED) is 0.170. The Morgan fingerprint density at radius 2 is 1.70 bits per heavy atom. The fourth-order valence-corrected chi connectivity index (χ4v) is 4.91. The largest absolute Gasteiger partial charge is 0.505 e. The van der Waals surface area contributed by atoms with Crippen molar-refractivity contribution in [1.82, 2.24) is 0 Å². The van der Waals surface area contributed by atoms with Crippen LogP contribution >= 0.6 is 23.2 Å². The summed E-state index contributed by atoms with van der Waals surface area (Å²) < 4.78 is 38.7. The number of nitrogens with zero attached hydrogens (tertiary/aromatic N) is 2.